The van der Waals surface area contributed by atoms with E-state index in [0.717, 1.165) is 11.1 Å². The van der Waals surface area contributed by atoms with Crippen molar-refractivity contribution in [2.45, 2.75) is 31.4 Å². The van der Waals surface area contributed by atoms with Gasteiger partial charge in [0.05, 0.1) is 13.2 Å². The van der Waals surface area contributed by atoms with Crippen molar-refractivity contribution >= 4 is 29.1 Å². The number of hydrogen-bond acceptors (Lipinski definition) is 6. The topological polar surface area (TPSA) is 122 Å². The van der Waals surface area contributed by atoms with Crippen LogP contribution < -0.4 is 10.1 Å². The summed E-state index contributed by atoms with van der Waals surface area (Å²) in [5.74, 6) is -1.89. The zero-order valence-corrected chi connectivity index (χ0v) is 18.3. The van der Waals surface area contributed by atoms with E-state index in [2.05, 4.69) is 17.1 Å². The quantitative estimate of drug-likeness (QED) is 0.411. The van der Waals surface area contributed by atoms with Crippen molar-refractivity contribution in [3.63, 3.8) is 0 Å². The van der Waals surface area contributed by atoms with Gasteiger partial charge in [-0.05, 0) is 41.3 Å². The number of aromatic nitrogens is 1. The fourth-order valence-electron chi connectivity index (χ4n) is 2.89. The average molecular weight is 461 g/mol. The average Bonchev–Trinajstić information content (AvgIpc) is 3.25. The summed E-state index contributed by atoms with van der Waals surface area (Å²) in [6.07, 6.45) is 6.40. The SMILES string of the molecule is C=C/C=C(\C=C/CC[C@H](C[C@@H](O)C(=O)O)NC(=O)c1cc(OC)no1)c1cccc(Cl)c1. The number of aliphatic hydroxyl groups is 1. The van der Waals surface area contributed by atoms with E-state index >= 15 is 0 Å². The fraction of sp³-hybridized carbons (Fsp3) is 0.261. The largest absolute Gasteiger partial charge is 0.479 e. The number of ether oxygens (including phenoxy) is 1. The molecule has 2 atom stereocenters. The number of carboxylic acids is 1. The van der Waals surface area contributed by atoms with E-state index in [1.807, 2.05) is 36.4 Å². The molecule has 0 bridgehead atoms. The fourth-order valence-corrected chi connectivity index (χ4v) is 3.08. The van der Waals surface area contributed by atoms with Crippen molar-refractivity contribution < 1.29 is 29.1 Å². The van der Waals surface area contributed by atoms with Crippen LogP contribution in [0.4, 0.5) is 0 Å². The maximum atomic E-state index is 12.4. The maximum Gasteiger partial charge on any atom is 0.332 e. The van der Waals surface area contributed by atoms with Crippen molar-refractivity contribution in [3.8, 4) is 5.88 Å². The number of carbonyl (C=O) groups excluding carboxylic acids is 1. The van der Waals surface area contributed by atoms with E-state index in [-0.39, 0.29) is 18.1 Å². The lowest BCUT2D eigenvalue weighted by Crippen LogP contribution is -2.39. The molecule has 0 aliphatic heterocycles. The molecule has 9 heteroatoms. The highest BCUT2D eigenvalue weighted by Gasteiger charge is 2.23. The molecule has 0 saturated heterocycles. The van der Waals surface area contributed by atoms with Gasteiger partial charge in [0.1, 0.15) is 0 Å². The Hall–Kier alpha value is -3.36. The smallest absolute Gasteiger partial charge is 0.332 e. The summed E-state index contributed by atoms with van der Waals surface area (Å²) >= 11 is 6.07. The van der Waals surface area contributed by atoms with Gasteiger partial charge in [0.25, 0.3) is 11.8 Å². The lowest BCUT2D eigenvalue weighted by Gasteiger charge is -2.19. The van der Waals surface area contributed by atoms with Crippen LogP contribution in [0.3, 0.4) is 0 Å². The monoisotopic (exact) mass is 460 g/mol. The van der Waals surface area contributed by atoms with E-state index in [0.29, 0.717) is 17.9 Å². The van der Waals surface area contributed by atoms with Gasteiger partial charge in [-0.15, -0.1) is 0 Å². The molecule has 32 heavy (non-hydrogen) atoms. The summed E-state index contributed by atoms with van der Waals surface area (Å²) in [7, 11) is 1.39. The number of rotatable bonds is 12. The molecule has 0 aliphatic carbocycles. The van der Waals surface area contributed by atoms with Gasteiger partial charge in [-0.2, -0.15) is 0 Å². The van der Waals surface area contributed by atoms with Crippen LogP contribution in [-0.2, 0) is 4.79 Å². The van der Waals surface area contributed by atoms with Crippen LogP contribution in [0.1, 0.15) is 35.4 Å². The molecule has 3 N–H and O–H groups in total. The summed E-state index contributed by atoms with van der Waals surface area (Å²) in [5, 5.41) is 25.6. The second kappa shape index (κ2) is 12.5. The van der Waals surface area contributed by atoms with E-state index < -0.39 is 24.0 Å². The highest BCUT2D eigenvalue weighted by atomic mass is 35.5. The number of carboxylic acid groups (broad SMARTS) is 1. The summed E-state index contributed by atoms with van der Waals surface area (Å²) < 4.78 is 9.79. The third-order valence-electron chi connectivity index (χ3n) is 4.48. The number of hydrogen-bond donors (Lipinski definition) is 3. The van der Waals surface area contributed by atoms with Crippen LogP contribution in [0.2, 0.25) is 5.02 Å². The zero-order valence-electron chi connectivity index (χ0n) is 17.5. The molecule has 1 aromatic heterocycles. The molecule has 0 radical (unpaired) electrons. The first kappa shape index (κ1) is 24.9. The van der Waals surface area contributed by atoms with Crippen molar-refractivity contribution in [2.75, 3.05) is 7.11 Å². The lowest BCUT2D eigenvalue weighted by molar-refractivity contribution is -0.147. The maximum absolute atomic E-state index is 12.4. The van der Waals surface area contributed by atoms with Crippen molar-refractivity contribution in [1.82, 2.24) is 10.5 Å². The number of allylic oxidation sites excluding steroid dienone is 5. The molecular formula is C23H25ClN2O6. The van der Waals surface area contributed by atoms with Gasteiger partial charge < -0.3 is 24.8 Å². The van der Waals surface area contributed by atoms with Crippen molar-refractivity contribution in [3.05, 3.63) is 77.6 Å². The molecule has 1 heterocycles. The third-order valence-corrected chi connectivity index (χ3v) is 4.72. The van der Waals surface area contributed by atoms with Gasteiger partial charge in [0.2, 0.25) is 5.76 Å². The van der Waals surface area contributed by atoms with Crippen molar-refractivity contribution in [1.29, 1.82) is 0 Å². The summed E-state index contributed by atoms with van der Waals surface area (Å²) in [6, 6.07) is 8.08. The molecule has 1 aromatic carbocycles. The Bertz CT molecular complexity index is 998. The van der Waals surface area contributed by atoms with Crippen LogP contribution in [0.15, 0.2) is 65.7 Å². The summed E-state index contributed by atoms with van der Waals surface area (Å²) in [5.41, 5.74) is 1.81. The van der Waals surface area contributed by atoms with E-state index in [1.54, 1.807) is 12.1 Å². The Kier molecular flexibility index (Phi) is 9.72. The first-order valence-corrected chi connectivity index (χ1v) is 10.2. The third kappa shape index (κ3) is 7.72. The Labute approximate surface area is 190 Å². The van der Waals surface area contributed by atoms with Crippen LogP contribution in [0, 0.1) is 0 Å². The predicted molar refractivity (Wildman–Crippen MR) is 121 cm³/mol. The van der Waals surface area contributed by atoms with Crippen LogP contribution in [-0.4, -0.2) is 46.5 Å². The molecule has 0 fully saturated rings. The van der Waals surface area contributed by atoms with Crippen LogP contribution in [0.5, 0.6) is 5.88 Å². The van der Waals surface area contributed by atoms with E-state index in [9.17, 15) is 14.7 Å². The highest BCUT2D eigenvalue weighted by molar-refractivity contribution is 6.30. The normalized spacial score (nSPS) is 13.5. The number of benzene rings is 1. The molecule has 0 spiro atoms. The Balaban J connectivity index is 2.06. The number of carbonyl (C=O) groups is 2. The minimum Gasteiger partial charge on any atom is -0.479 e. The Morgan fingerprint density at radius 3 is 2.78 bits per heavy atom. The Morgan fingerprint density at radius 1 is 1.38 bits per heavy atom. The van der Waals surface area contributed by atoms with Crippen LogP contribution >= 0.6 is 11.6 Å². The summed E-state index contributed by atoms with van der Waals surface area (Å²) in [6.45, 7) is 3.73. The summed E-state index contributed by atoms with van der Waals surface area (Å²) in [4.78, 5) is 23.5. The molecule has 8 nitrogen and oxygen atoms in total. The number of nitrogens with one attached hydrogen (secondary N) is 1. The molecule has 1 amide bonds. The second-order valence-corrected chi connectivity index (χ2v) is 7.28. The second-order valence-electron chi connectivity index (χ2n) is 6.84. The van der Waals surface area contributed by atoms with Gasteiger partial charge in [0, 0.05) is 17.5 Å². The standard InChI is InChI=1S/C23H25ClN2O6/c1-3-7-15(16-9-6-10-17(24)12-16)8-4-5-11-18(13-19(27)23(29)30)25-22(28)20-14-21(31-2)26-32-20/h3-4,6-10,12,14,18-19,27H,1,5,11,13H2,2H3,(H,25,28)(H,29,30)/b8-4-,15-7+/t18-,19-/m1/s1. The highest BCUT2D eigenvalue weighted by Crippen LogP contribution is 2.21. The molecular weight excluding hydrogens is 436 g/mol. The van der Waals surface area contributed by atoms with Crippen molar-refractivity contribution in [2.24, 2.45) is 0 Å². The van der Waals surface area contributed by atoms with E-state index in [4.69, 9.17) is 26.0 Å². The number of aliphatic carboxylic acids is 1. The molecule has 170 valence electrons. The van der Waals surface area contributed by atoms with Gasteiger partial charge >= 0.3 is 5.97 Å². The number of halogens is 1. The first-order chi connectivity index (χ1) is 15.3. The molecule has 2 aromatic rings. The number of methoxy groups -OCH3 is 1. The zero-order chi connectivity index (χ0) is 23.5. The molecule has 0 saturated carbocycles. The van der Waals surface area contributed by atoms with E-state index in [1.165, 1.54) is 13.2 Å². The molecule has 0 aliphatic rings. The minimum atomic E-state index is -1.61. The van der Waals surface area contributed by atoms with Gasteiger partial charge in [-0.3, -0.25) is 4.79 Å². The van der Waals surface area contributed by atoms with Gasteiger partial charge in [0.15, 0.2) is 6.10 Å². The molecule has 0 unspecified atom stereocenters. The minimum absolute atomic E-state index is 0.0793. The number of amides is 1. The van der Waals surface area contributed by atoms with Gasteiger partial charge in [-0.25, -0.2) is 4.79 Å². The molecule has 2 rings (SSSR count). The lowest BCUT2D eigenvalue weighted by atomic mass is 10.0. The number of aliphatic hydroxyl groups excluding tert-OH is 1. The Morgan fingerprint density at radius 2 is 2.16 bits per heavy atom. The van der Waals surface area contributed by atoms with Gasteiger partial charge in [-0.1, -0.05) is 54.6 Å². The first-order valence-electron chi connectivity index (χ1n) is 9.81. The van der Waals surface area contributed by atoms with Crippen LogP contribution in [0.25, 0.3) is 5.57 Å². The predicted octanol–water partition coefficient (Wildman–Crippen LogP) is 3.88. The number of nitrogens with zero attached hydrogens (tertiary/aromatic N) is 1.